The smallest absolute Gasteiger partial charge is 0.136 e. The minimum Gasteiger partial charge on any atom is -0.299 e. The van der Waals surface area contributed by atoms with E-state index in [0.29, 0.717) is 17.6 Å². The molecule has 0 N–H and O–H groups in total. The standard InChI is InChI=1S/C15H26O/c1-3-5-7-11(4-2)10-14(16)15-12-8-6-9-13(12)15/h11-13,15H,3-10H2,1-2H3. The molecule has 1 nitrogen and oxygen atoms in total. The van der Waals surface area contributed by atoms with E-state index in [4.69, 9.17) is 0 Å². The van der Waals surface area contributed by atoms with Crippen molar-refractivity contribution in [2.24, 2.45) is 23.7 Å². The van der Waals surface area contributed by atoms with E-state index in [1.165, 1.54) is 44.9 Å². The van der Waals surface area contributed by atoms with Gasteiger partial charge in [0.2, 0.25) is 0 Å². The first-order chi connectivity index (χ1) is 7.77. The van der Waals surface area contributed by atoms with Crippen LogP contribution >= 0.6 is 0 Å². The van der Waals surface area contributed by atoms with Crippen LogP contribution in [0, 0.1) is 23.7 Å². The van der Waals surface area contributed by atoms with Gasteiger partial charge in [-0.2, -0.15) is 0 Å². The summed E-state index contributed by atoms with van der Waals surface area (Å²) in [6.07, 6.45) is 9.96. The number of rotatable bonds is 7. The van der Waals surface area contributed by atoms with E-state index in [1.807, 2.05) is 0 Å². The SMILES string of the molecule is CCCCC(CC)CC(=O)C1C2CCCC21. The molecule has 0 amide bonds. The Morgan fingerprint density at radius 3 is 2.50 bits per heavy atom. The van der Waals surface area contributed by atoms with E-state index >= 15 is 0 Å². The average molecular weight is 222 g/mol. The summed E-state index contributed by atoms with van der Waals surface area (Å²) in [4.78, 5) is 12.2. The van der Waals surface area contributed by atoms with Gasteiger partial charge in [-0.25, -0.2) is 0 Å². The molecular weight excluding hydrogens is 196 g/mol. The number of hydrogen-bond acceptors (Lipinski definition) is 1. The number of hydrogen-bond donors (Lipinski definition) is 0. The second-order valence-corrected chi connectivity index (χ2v) is 5.87. The molecule has 0 aromatic rings. The first-order valence-corrected chi connectivity index (χ1v) is 7.30. The molecule has 0 aliphatic heterocycles. The van der Waals surface area contributed by atoms with Gasteiger partial charge in [0.1, 0.15) is 5.78 Å². The topological polar surface area (TPSA) is 17.1 Å². The Hall–Kier alpha value is -0.330. The number of unbranched alkanes of at least 4 members (excludes halogenated alkanes) is 1. The molecule has 3 unspecified atom stereocenters. The molecule has 2 saturated carbocycles. The van der Waals surface area contributed by atoms with Gasteiger partial charge in [-0.3, -0.25) is 4.79 Å². The first kappa shape index (κ1) is 12.1. The predicted molar refractivity (Wildman–Crippen MR) is 67.3 cm³/mol. The molecule has 0 aromatic carbocycles. The molecule has 0 bridgehead atoms. The largest absolute Gasteiger partial charge is 0.299 e. The third-order valence-corrected chi connectivity index (χ3v) is 4.81. The normalized spacial score (nSPS) is 33.5. The summed E-state index contributed by atoms with van der Waals surface area (Å²) in [7, 11) is 0. The molecule has 92 valence electrons. The van der Waals surface area contributed by atoms with Crippen LogP contribution < -0.4 is 0 Å². The molecule has 1 heteroatoms. The summed E-state index contributed by atoms with van der Waals surface area (Å²) in [6, 6.07) is 0. The Bertz CT molecular complexity index is 236. The van der Waals surface area contributed by atoms with Crippen molar-refractivity contribution in [2.45, 2.75) is 65.2 Å². The molecule has 3 atom stereocenters. The highest BCUT2D eigenvalue weighted by molar-refractivity contribution is 5.84. The molecule has 16 heavy (non-hydrogen) atoms. The lowest BCUT2D eigenvalue weighted by atomic mass is 9.91. The summed E-state index contributed by atoms with van der Waals surface area (Å²) in [6.45, 7) is 4.47. The number of Topliss-reactive ketones (excluding diaryl/α,β-unsaturated/α-hetero) is 1. The first-order valence-electron chi connectivity index (χ1n) is 7.30. The number of carbonyl (C=O) groups is 1. The van der Waals surface area contributed by atoms with Gasteiger partial charge >= 0.3 is 0 Å². The van der Waals surface area contributed by atoms with Crippen LogP contribution in [0.4, 0.5) is 0 Å². The Kier molecular flexibility index (Phi) is 4.05. The van der Waals surface area contributed by atoms with Crippen LogP contribution in [0.3, 0.4) is 0 Å². The van der Waals surface area contributed by atoms with E-state index in [1.54, 1.807) is 0 Å². The third kappa shape index (κ3) is 2.49. The van der Waals surface area contributed by atoms with Crippen LogP contribution in [0.25, 0.3) is 0 Å². The fourth-order valence-electron chi connectivity index (χ4n) is 3.66. The highest BCUT2D eigenvalue weighted by Crippen LogP contribution is 2.58. The summed E-state index contributed by atoms with van der Waals surface area (Å²) in [5, 5.41) is 0. The van der Waals surface area contributed by atoms with E-state index in [9.17, 15) is 4.79 Å². The van der Waals surface area contributed by atoms with E-state index in [-0.39, 0.29) is 0 Å². The van der Waals surface area contributed by atoms with Crippen molar-refractivity contribution in [2.75, 3.05) is 0 Å². The maximum atomic E-state index is 12.2. The zero-order valence-corrected chi connectivity index (χ0v) is 10.9. The zero-order chi connectivity index (χ0) is 11.5. The minimum absolute atomic E-state index is 0.504. The molecule has 0 aromatic heterocycles. The summed E-state index contributed by atoms with van der Waals surface area (Å²) >= 11 is 0. The molecule has 0 radical (unpaired) electrons. The van der Waals surface area contributed by atoms with Crippen LogP contribution in [0.2, 0.25) is 0 Å². The van der Waals surface area contributed by atoms with Crippen molar-refractivity contribution in [3.63, 3.8) is 0 Å². The number of carbonyl (C=O) groups excluding carboxylic acids is 1. The van der Waals surface area contributed by atoms with Gasteiger partial charge in [-0.15, -0.1) is 0 Å². The quantitative estimate of drug-likeness (QED) is 0.630. The van der Waals surface area contributed by atoms with Crippen LogP contribution in [-0.4, -0.2) is 5.78 Å². The van der Waals surface area contributed by atoms with E-state index in [0.717, 1.165) is 18.3 Å². The summed E-state index contributed by atoms with van der Waals surface area (Å²) in [5.41, 5.74) is 0. The molecule has 0 heterocycles. The molecule has 0 saturated heterocycles. The lowest BCUT2D eigenvalue weighted by Gasteiger charge is -2.13. The second-order valence-electron chi connectivity index (χ2n) is 5.87. The molecule has 2 fully saturated rings. The highest BCUT2D eigenvalue weighted by atomic mass is 16.1. The Morgan fingerprint density at radius 2 is 1.94 bits per heavy atom. The van der Waals surface area contributed by atoms with Gasteiger partial charge < -0.3 is 0 Å². The van der Waals surface area contributed by atoms with Gasteiger partial charge in [-0.1, -0.05) is 46.0 Å². The van der Waals surface area contributed by atoms with Gasteiger partial charge in [0.05, 0.1) is 0 Å². The van der Waals surface area contributed by atoms with Crippen molar-refractivity contribution in [1.29, 1.82) is 0 Å². The van der Waals surface area contributed by atoms with Gasteiger partial charge in [0, 0.05) is 12.3 Å². The van der Waals surface area contributed by atoms with Crippen LogP contribution in [0.5, 0.6) is 0 Å². The maximum absolute atomic E-state index is 12.2. The minimum atomic E-state index is 0.504. The second kappa shape index (κ2) is 5.33. The van der Waals surface area contributed by atoms with Crippen LogP contribution in [0.15, 0.2) is 0 Å². The zero-order valence-electron chi connectivity index (χ0n) is 10.9. The van der Waals surface area contributed by atoms with Crippen LogP contribution in [-0.2, 0) is 4.79 Å². The van der Waals surface area contributed by atoms with E-state index in [2.05, 4.69) is 13.8 Å². The van der Waals surface area contributed by atoms with Crippen molar-refractivity contribution in [1.82, 2.24) is 0 Å². The molecular formula is C15H26O. The van der Waals surface area contributed by atoms with Crippen molar-refractivity contribution in [3.8, 4) is 0 Å². The van der Waals surface area contributed by atoms with Crippen molar-refractivity contribution < 1.29 is 4.79 Å². The Labute approximate surface area is 100.0 Å². The van der Waals surface area contributed by atoms with Gasteiger partial charge in [0.25, 0.3) is 0 Å². The fraction of sp³-hybridized carbons (Fsp3) is 0.933. The number of ketones is 1. The summed E-state index contributed by atoms with van der Waals surface area (Å²) in [5.74, 6) is 3.42. The van der Waals surface area contributed by atoms with Gasteiger partial charge in [0.15, 0.2) is 0 Å². The average Bonchev–Trinajstić information content (AvgIpc) is 2.78. The number of fused-ring (bicyclic) bond motifs is 1. The molecule has 2 aliphatic rings. The van der Waals surface area contributed by atoms with Gasteiger partial charge in [-0.05, 0) is 30.6 Å². The predicted octanol–water partition coefficient (Wildman–Crippen LogP) is 4.21. The highest BCUT2D eigenvalue weighted by Gasteiger charge is 2.55. The third-order valence-electron chi connectivity index (χ3n) is 4.81. The Morgan fingerprint density at radius 1 is 1.25 bits per heavy atom. The Balaban J connectivity index is 1.73. The monoisotopic (exact) mass is 222 g/mol. The van der Waals surface area contributed by atoms with E-state index < -0.39 is 0 Å². The lowest BCUT2D eigenvalue weighted by Crippen LogP contribution is -2.12. The van der Waals surface area contributed by atoms with Crippen molar-refractivity contribution in [3.05, 3.63) is 0 Å². The maximum Gasteiger partial charge on any atom is 0.136 e. The molecule has 2 aliphatic carbocycles. The van der Waals surface area contributed by atoms with Crippen LogP contribution in [0.1, 0.15) is 65.2 Å². The summed E-state index contributed by atoms with van der Waals surface area (Å²) < 4.78 is 0. The van der Waals surface area contributed by atoms with Crippen molar-refractivity contribution >= 4 is 5.78 Å². The fourth-order valence-corrected chi connectivity index (χ4v) is 3.66. The molecule has 0 spiro atoms. The molecule has 2 rings (SSSR count). The lowest BCUT2D eigenvalue weighted by molar-refractivity contribution is -0.122.